The minimum absolute atomic E-state index is 0.114. The summed E-state index contributed by atoms with van der Waals surface area (Å²) in [6, 6.07) is 8.02. The standard InChI is InChI=1S/C15H19N3O/c16-11-13-4-3-5-14(18-13)17-12-6-9-19-15(10-12)7-1-2-8-15/h3-5,12H,1-2,6-10H2,(H,17,18). The summed E-state index contributed by atoms with van der Waals surface area (Å²) in [5.74, 6) is 0.805. The molecule has 1 aliphatic heterocycles. The van der Waals surface area contributed by atoms with Gasteiger partial charge < -0.3 is 10.1 Å². The average molecular weight is 257 g/mol. The van der Waals surface area contributed by atoms with Crippen molar-refractivity contribution in [3.8, 4) is 6.07 Å². The molecule has 1 atom stereocenters. The van der Waals surface area contributed by atoms with E-state index in [-0.39, 0.29) is 5.60 Å². The fourth-order valence-corrected chi connectivity index (χ4v) is 3.31. The predicted molar refractivity (Wildman–Crippen MR) is 72.7 cm³/mol. The highest BCUT2D eigenvalue weighted by Crippen LogP contribution is 2.40. The zero-order chi connectivity index (χ0) is 13.1. The summed E-state index contributed by atoms with van der Waals surface area (Å²) in [5, 5.41) is 12.3. The van der Waals surface area contributed by atoms with E-state index in [2.05, 4.69) is 16.4 Å². The molecule has 4 heteroatoms. The Morgan fingerprint density at radius 1 is 1.37 bits per heavy atom. The van der Waals surface area contributed by atoms with Gasteiger partial charge in [-0.15, -0.1) is 0 Å². The second-order valence-corrected chi connectivity index (χ2v) is 5.59. The first kappa shape index (κ1) is 12.4. The number of hydrogen-bond acceptors (Lipinski definition) is 4. The summed E-state index contributed by atoms with van der Waals surface area (Å²) in [5.41, 5.74) is 0.579. The van der Waals surface area contributed by atoms with Crippen LogP contribution in [0.1, 0.15) is 44.2 Å². The highest BCUT2D eigenvalue weighted by molar-refractivity contribution is 5.39. The number of nitrogens with one attached hydrogen (secondary N) is 1. The third kappa shape index (κ3) is 2.71. The van der Waals surface area contributed by atoms with Gasteiger partial charge in [0.2, 0.25) is 0 Å². The van der Waals surface area contributed by atoms with Crippen molar-refractivity contribution in [3.05, 3.63) is 23.9 Å². The van der Waals surface area contributed by atoms with Crippen molar-refractivity contribution in [2.75, 3.05) is 11.9 Å². The van der Waals surface area contributed by atoms with Crippen molar-refractivity contribution < 1.29 is 4.74 Å². The molecule has 2 heterocycles. The van der Waals surface area contributed by atoms with Crippen LogP contribution in [0, 0.1) is 11.3 Å². The number of aromatic nitrogens is 1. The Labute approximate surface area is 113 Å². The molecule has 100 valence electrons. The van der Waals surface area contributed by atoms with Crippen LogP contribution >= 0.6 is 0 Å². The highest BCUT2D eigenvalue weighted by atomic mass is 16.5. The molecule has 0 bridgehead atoms. The normalized spacial score (nSPS) is 25.1. The van der Waals surface area contributed by atoms with Crippen molar-refractivity contribution in [1.82, 2.24) is 4.98 Å². The summed E-state index contributed by atoms with van der Waals surface area (Å²) in [7, 11) is 0. The molecule has 1 unspecified atom stereocenters. The predicted octanol–water partition coefficient (Wildman–Crippen LogP) is 2.86. The largest absolute Gasteiger partial charge is 0.375 e. The Morgan fingerprint density at radius 3 is 3.00 bits per heavy atom. The van der Waals surface area contributed by atoms with E-state index in [4.69, 9.17) is 10.00 Å². The molecule has 1 saturated heterocycles. The Balaban J connectivity index is 1.67. The lowest BCUT2D eigenvalue weighted by atomic mass is 9.89. The molecule has 1 saturated carbocycles. The zero-order valence-corrected chi connectivity index (χ0v) is 11.1. The van der Waals surface area contributed by atoms with Gasteiger partial charge in [0.1, 0.15) is 17.6 Å². The lowest BCUT2D eigenvalue weighted by Gasteiger charge is -2.38. The molecule has 0 amide bonds. The number of nitrogens with zero attached hydrogens (tertiary/aromatic N) is 2. The lowest BCUT2D eigenvalue weighted by molar-refractivity contribution is -0.0767. The first-order valence-electron chi connectivity index (χ1n) is 7.07. The molecule has 1 aromatic heterocycles. The fourth-order valence-electron chi connectivity index (χ4n) is 3.31. The molecule has 3 rings (SSSR count). The van der Waals surface area contributed by atoms with Crippen LogP contribution in [0.15, 0.2) is 18.2 Å². The molecular weight excluding hydrogens is 238 g/mol. The van der Waals surface area contributed by atoms with Crippen molar-refractivity contribution >= 4 is 5.82 Å². The molecule has 19 heavy (non-hydrogen) atoms. The minimum atomic E-state index is 0.114. The summed E-state index contributed by atoms with van der Waals surface area (Å²) in [4.78, 5) is 4.29. The first-order chi connectivity index (χ1) is 9.30. The van der Waals surface area contributed by atoms with Gasteiger partial charge in [0.25, 0.3) is 0 Å². The molecule has 4 nitrogen and oxygen atoms in total. The number of hydrogen-bond donors (Lipinski definition) is 1. The molecule has 1 aromatic rings. The van der Waals surface area contributed by atoms with Crippen LogP contribution in [0.5, 0.6) is 0 Å². The molecule has 2 aliphatic rings. The van der Waals surface area contributed by atoms with Gasteiger partial charge in [-0.25, -0.2) is 4.98 Å². The van der Waals surface area contributed by atoms with Crippen molar-refractivity contribution in [2.24, 2.45) is 0 Å². The Morgan fingerprint density at radius 2 is 2.21 bits per heavy atom. The van der Waals surface area contributed by atoms with E-state index in [0.717, 1.165) is 25.3 Å². The van der Waals surface area contributed by atoms with Crippen LogP contribution in [0.2, 0.25) is 0 Å². The number of anilines is 1. The maximum atomic E-state index is 8.88. The molecule has 1 spiro atoms. The maximum Gasteiger partial charge on any atom is 0.142 e. The summed E-state index contributed by atoms with van der Waals surface area (Å²) < 4.78 is 6.03. The van der Waals surface area contributed by atoms with Gasteiger partial charge in [0, 0.05) is 12.6 Å². The van der Waals surface area contributed by atoms with Crippen molar-refractivity contribution in [3.63, 3.8) is 0 Å². The van der Waals surface area contributed by atoms with Crippen molar-refractivity contribution in [1.29, 1.82) is 5.26 Å². The first-order valence-corrected chi connectivity index (χ1v) is 7.07. The van der Waals surface area contributed by atoms with Gasteiger partial charge in [-0.2, -0.15) is 5.26 Å². The van der Waals surface area contributed by atoms with E-state index >= 15 is 0 Å². The smallest absolute Gasteiger partial charge is 0.142 e. The monoisotopic (exact) mass is 257 g/mol. The summed E-state index contributed by atoms with van der Waals surface area (Å²) in [6.07, 6.45) is 7.03. The molecular formula is C15H19N3O. The topological polar surface area (TPSA) is 57.9 Å². The number of ether oxygens (including phenoxy) is 1. The second kappa shape index (κ2) is 5.18. The van der Waals surface area contributed by atoms with Crippen LogP contribution in [0.3, 0.4) is 0 Å². The van der Waals surface area contributed by atoms with E-state index in [9.17, 15) is 0 Å². The Bertz CT molecular complexity index is 488. The minimum Gasteiger partial charge on any atom is -0.375 e. The van der Waals surface area contributed by atoms with E-state index in [1.54, 1.807) is 6.07 Å². The summed E-state index contributed by atoms with van der Waals surface area (Å²) in [6.45, 7) is 0.829. The second-order valence-electron chi connectivity index (χ2n) is 5.59. The van der Waals surface area contributed by atoms with Gasteiger partial charge in [0.15, 0.2) is 0 Å². The molecule has 2 fully saturated rings. The molecule has 0 radical (unpaired) electrons. The number of nitriles is 1. The van der Waals surface area contributed by atoms with Crippen LogP contribution in [0.25, 0.3) is 0 Å². The van der Waals surface area contributed by atoms with E-state index in [1.165, 1.54) is 25.7 Å². The summed E-state index contributed by atoms with van der Waals surface area (Å²) >= 11 is 0. The third-order valence-corrected chi connectivity index (χ3v) is 4.22. The zero-order valence-electron chi connectivity index (χ0n) is 11.1. The van der Waals surface area contributed by atoms with Gasteiger partial charge in [-0.3, -0.25) is 0 Å². The SMILES string of the molecule is N#Cc1cccc(NC2CCOC3(CCCC3)C2)n1. The molecule has 0 aromatic carbocycles. The van der Waals surface area contributed by atoms with Gasteiger partial charge in [-0.1, -0.05) is 18.9 Å². The van der Waals surface area contributed by atoms with Crippen LogP contribution in [0.4, 0.5) is 5.82 Å². The Hall–Kier alpha value is -1.60. The maximum absolute atomic E-state index is 8.88. The highest BCUT2D eigenvalue weighted by Gasteiger charge is 2.39. The van der Waals surface area contributed by atoms with Crippen LogP contribution in [-0.4, -0.2) is 23.2 Å². The average Bonchev–Trinajstić information content (AvgIpc) is 2.87. The third-order valence-electron chi connectivity index (χ3n) is 4.22. The van der Waals surface area contributed by atoms with Gasteiger partial charge in [-0.05, 0) is 37.8 Å². The molecule has 1 aliphatic carbocycles. The van der Waals surface area contributed by atoms with Crippen molar-refractivity contribution in [2.45, 2.75) is 50.2 Å². The van der Waals surface area contributed by atoms with E-state index < -0.39 is 0 Å². The number of rotatable bonds is 2. The molecule has 1 N–H and O–H groups in total. The van der Waals surface area contributed by atoms with Crippen LogP contribution < -0.4 is 5.32 Å². The number of pyridine rings is 1. The van der Waals surface area contributed by atoms with Gasteiger partial charge >= 0.3 is 0 Å². The van der Waals surface area contributed by atoms with E-state index in [1.807, 2.05) is 12.1 Å². The fraction of sp³-hybridized carbons (Fsp3) is 0.600. The lowest BCUT2D eigenvalue weighted by Crippen LogP contribution is -2.42. The quantitative estimate of drug-likeness (QED) is 0.885. The Kier molecular flexibility index (Phi) is 3.39. The van der Waals surface area contributed by atoms with Crippen LogP contribution in [-0.2, 0) is 4.74 Å². The van der Waals surface area contributed by atoms with E-state index in [0.29, 0.717) is 11.7 Å². The van der Waals surface area contributed by atoms with Gasteiger partial charge in [0.05, 0.1) is 5.60 Å².